The maximum absolute atomic E-state index is 11.5. The van der Waals surface area contributed by atoms with Gasteiger partial charge in [-0.1, -0.05) is 0 Å². The molecule has 0 aliphatic heterocycles. The fourth-order valence-corrected chi connectivity index (χ4v) is 1.67. The first-order chi connectivity index (χ1) is 8.69. The summed E-state index contributed by atoms with van der Waals surface area (Å²) < 4.78 is 5.07. The number of nitrogens with one attached hydrogen (secondary N) is 2. The number of ether oxygens (including phenoxy) is 1. The van der Waals surface area contributed by atoms with Crippen molar-refractivity contribution < 1.29 is 9.53 Å². The second-order valence-corrected chi connectivity index (χ2v) is 4.47. The van der Waals surface area contributed by atoms with Crippen molar-refractivity contribution in [3.05, 3.63) is 18.2 Å². The van der Waals surface area contributed by atoms with E-state index in [-0.39, 0.29) is 5.91 Å². The lowest BCUT2D eigenvalue weighted by Crippen LogP contribution is -2.27. The van der Waals surface area contributed by atoms with E-state index in [0.29, 0.717) is 24.7 Å². The molecule has 0 spiro atoms. The molecule has 1 aromatic rings. The van der Waals surface area contributed by atoms with E-state index in [1.54, 1.807) is 13.2 Å². The van der Waals surface area contributed by atoms with Crippen molar-refractivity contribution in [1.29, 1.82) is 0 Å². The molecule has 2 rings (SSSR count). The van der Waals surface area contributed by atoms with E-state index in [0.717, 1.165) is 24.3 Å². The summed E-state index contributed by atoms with van der Waals surface area (Å²) in [6.07, 6.45) is 2.69. The zero-order chi connectivity index (χ0) is 13.0. The molecule has 1 fully saturated rings. The van der Waals surface area contributed by atoms with Gasteiger partial charge in [-0.15, -0.1) is 0 Å². The lowest BCUT2D eigenvalue weighted by molar-refractivity contribution is -0.120. The average Bonchev–Trinajstić information content (AvgIpc) is 3.15. The number of nitrogen functional groups attached to an aromatic ring is 1. The Morgan fingerprint density at radius 2 is 2.28 bits per heavy atom. The second kappa shape index (κ2) is 5.62. The number of nitrogens with two attached hydrogens (primary N) is 1. The monoisotopic (exact) mass is 249 g/mol. The molecule has 0 unspecified atom stereocenters. The third-order valence-electron chi connectivity index (χ3n) is 2.87. The first-order valence-corrected chi connectivity index (χ1v) is 6.16. The maximum atomic E-state index is 11.5. The van der Waals surface area contributed by atoms with Crippen LogP contribution < -0.4 is 21.1 Å². The number of anilines is 2. The maximum Gasteiger partial charge on any atom is 0.221 e. The largest absolute Gasteiger partial charge is 0.497 e. The number of rotatable bonds is 6. The molecule has 98 valence electrons. The molecule has 5 heteroatoms. The number of amides is 1. The van der Waals surface area contributed by atoms with Crippen LogP contribution in [-0.4, -0.2) is 25.6 Å². The molecule has 0 heterocycles. The van der Waals surface area contributed by atoms with E-state index in [2.05, 4.69) is 10.6 Å². The van der Waals surface area contributed by atoms with Crippen LogP contribution in [0.2, 0.25) is 0 Å². The third-order valence-corrected chi connectivity index (χ3v) is 2.87. The molecule has 5 nitrogen and oxygen atoms in total. The van der Waals surface area contributed by atoms with Gasteiger partial charge in [-0.3, -0.25) is 4.79 Å². The highest BCUT2D eigenvalue weighted by atomic mass is 16.5. The lowest BCUT2D eigenvalue weighted by Gasteiger charge is -2.10. The first kappa shape index (κ1) is 12.5. The Labute approximate surface area is 107 Å². The highest BCUT2D eigenvalue weighted by Gasteiger charge is 2.22. The van der Waals surface area contributed by atoms with Gasteiger partial charge in [0.25, 0.3) is 0 Å². The third kappa shape index (κ3) is 3.55. The summed E-state index contributed by atoms with van der Waals surface area (Å²) in [5, 5.41) is 6.09. The number of hydrogen-bond acceptors (Lipinski definition) is 4. The van der Waals surface area contributed by atoms with Gasteiger partial charge in [-0.25, -0.2) is 0 Å². The van der Waals surface area contributed by atoms with Crippen LogP contribution in [0.4, 0.5) is 11.4 Å². The number of methoxy groups -OCH3 is 1. The minimum atomic E-state index is 0.0945. The number of carbonyl (C=O) groups excluding carboxylic acids is 1. The molecule has 0 atom stereocenters. The first-order valence-electron chi connectivity index (χ1n) is 6.16. The van der Waals surface area contributed by atoms with Crippen molar-refractivity contribution >= 4 is 17.3 Å². The summed E-state index contributed by atoms with van der Waals surface area (Å²) in [6.45, 7) is 0.578. The van der Waals surface area contributed by atoms with Gasteiger partial charge in [0.05, 0.1) is 18.5 Å². The Kier molecular flexibility index (Phi) is 3.92. The minimum absolute atomic E-state index is 0.0945. The fourth-order valence-electron chi connectivity index (χ4n) is 1.67. The number of benzene rings is 1. The Balaban J connectivity index is 1.76. The van der Waals surface area contributed by atoms with E-state index in [4.69, 9.17) is 10.5 Å². The minimum Gasteiger partial charge on any atom is -0.497 e. The van der Waals surface area contributed by atoms with Crippen LogP contribution >= 0.6 is 0 Å². The molecule has 0 bridgehead atoms. The van der Waals surface area contributed by atoms with E-state index < -0.39 is 0 Å². The molecule has 4 N–H and O–H groups in total. The van der Waals surface area contributed by atoms with Gasteiger partial charge in [0.1, 0.15) is 5.75 Å². The van der Waals surface area contributed by atoms with Crippen LogP contribution in [0.1, 0.15) is 19.3 Å². The molecule has 0 aromatic heterocycles. The average molecular weight is 249 g/mol. The van der Waals surface area contributed by atoms with Gasteiger partial charge < -0.3 is 21.1 Å². The van der Waals surface area contributed by atoms with Crippen LogP contribution in [0.25, 0.3) is 0 Å². The zero-order valence-corrected chi connectivity index (χ0v) is 10.5. The molecule has 0 saturated heterocycles. The molecule has 18 heavy (non-hydrogen) atoms. The molecule has 1 saturated carbocycles. The van der Waals surface area contributed by atoms with E-state index in [1.807, 2.05) is 12.1 Å². The summed E-state index contributed by atoms with van der Waals surface area (Å²) >= 11 is 0. The highest BCUT2D eigenvalue weighted by Crippen LogP contribution is 2.24. The Hall–Kier alpha value is -1.91. The standard InChI is InChI=1S/C13H19N3O2/c1-18-10-4-5-12(11(14)8-10)15-7-6-13(17)16-9-2-3-9/h4-5,8-9,15H,2-3,6-7,14H2,1H3,(H,16,17). The van der Waals surface area contributed by atoms with Crippen LogP contribution in [0.3, 0.4) is 0 Å². The van der Waals surface area contributed by atoms with Gasteiger partial charge in [0.2, 0.25) is 5.91 Å². The lowest BCUT2D eigenvalue weighted by atomic mass is 10.2. The van der Waals surface area contributed by atoms with Gasteiger partial charge >= 0.3 is 0 Å². The van der Waals surface area contributed by atoms with E-state index >= 15 is 0 Å². The Morgan fingerprint density at radius 3 is 2.89 bits per heavy atom. The van der Waals surface area contributed by atoms with Gasteiger partial charge in [0, 0.05) is 25.1 Å². The Morgan fingerprint density at radius 1 is 1.50 bits per heavy atom. The molecule has 0 radical (unpaired) electrons. The zero-order valence-electron chi connectivity index (χ0n) is 10.5. The summed E-state index contributed by atoms with van der Waals surface area (Å²) in [6, 6.07) is 5.87. The van der Waals surface area contributed by atoms with Crippen LogP contribution in [0, 0.1) is 0 Å². The van der Waals surface area contributed by atoms with Crippen LogP contribution in [0.5, 0.6) is 5.75 Å². The number of carbonyl (C=O) groups is 1. The van der Waals surface area contributed by atoms with Gasteiger partial charge in [-0.05, 0) is 25.0 Å². The number of hydrogen-bond donors (Lipinski definition) is 3. The van der Waals surface area contributed by atoms with E-state index in [9.17, 15) is 4.79 Å². The van der Waals surface area contributed by atoms with Crippen molar-refractivity contribution in [2.75, 3.05) is 24.7 Å². The smallest absolute Gasteiger partial charge is 0.221 e. The molecule has 1 aliphatic rings. The van der Waals surface area contributed by atoms with E-state index in [1.165, 1.54) is 0 Å². The van der Waals surface area contributed by atoms with Crippen molar-refractivity contribution in [2.24, 2.45) is 0 Å². The SMILES string of the molecule is COc1ccc(NCCC(=O)NC2CC2)c(N)c1. The highest BCUT2D eigenvalue weighted by molar-refractivity contribution is 5.77. The van der Waals surface area contributed by atoms with Crippen molar-refractivity contribution in [2.45, 2.75) is 25.3 Å². The van der Waals surface area contributed by atoms with Crippen LogP contribution in [0.15, 0.2) is 18.2 Å². The topological polar surface area (TPSA) is 76.4 Å². The fraction of sp³-hybridized carbons (Fsp3) is 0.462. The van der Waals surface area contributed by atoms with Gasteiger partial charge in [-0.2, -0.15) is 0 Å². The van der Waals surface area contributed by atoms with Gasteiger partial charge in [0.15, 0.2) is 0 Å². The second-order valence-electron chi connectivity index (χ2n) is 4.47. The predicted octanol–water partition coefficient (Wildman–Crippen LogP) is 1.36. The predicted molar refractivity (Wildman–Crippen MR) is 71.7 cm³/mol. The van der Waals surface area contributed by atoms with Crippen molar-refractivity contribution in [1.82, 2.24) is 5.32 Å². The summed E-state index contributed by atoms with van der Waals surface area (Å²) in [5.74, 6) is 0.821. The Bertz CT molecular complexity index is 430. The van der Waals surface area contributed by atoms with Crippen LogP contribution in [-0.2, 0) is 4.79 Å². The van der Waals surface area contributed by atoms with Crippen molar-refractivity contribution in [3.63, 3.8) is 0 Å². The molecular weight excluding hydrogens is 230 g/mol. The van der Waals surface area contributed by atoms with Crippen molar-refractivity contribution in [3.8, 4) is 5.75 Å². The molecule has 1 aliphatic carbocycles. The normalized spacial score (nSPS) is 14.1. The molecule has 1 aromatic carbocycles. The summed E-state index contributed by atoms with van der Waals surface area (Å²) in [5.41, 5.74) is 7.31. The summed E-state index contributed by atoms with van der Waals surface area (Å²) in [7, 11) is 1.60. The quantitative estimate of drug-likeness (QED) is 0.665. The molecule has 1 amide bonds. The summed E-state index contributed by atoms with van der Waals surface area (Å²) in [4.78, 5) is 11.5. The molecular formula is C13H19N3O2.